The highest BCUT2D eigenvalue weighted by Gasteiger charge is 2.13. The predicted octanol–water partition coefficient (Wildman–Crippen LogP) is 0.0215. The molecule has 0 aliphatic rings. The minimum atomic E-state index is -0.441. The summed E-state index contributed by atoms with van der Waals surface area (Å²) in [5.74, 6) is 0.284. The molecule has 21 heavy (non-hydrogen) atoms. The van der Waals surface area contributed by atoms with Gasteiger partial charge >= 0.3 is 5.69 Å². The highest BCUT2D eigenvalue weighted by atomic mass is 16.5. The fourth-order valence-corrected chi connectivity index (χ4v) is 1.83. The van der Waals surface area contributed by atoms with Gasteiger partial charge in [0.25, 0.3) is 5.91 Å². The first-order valence-corrected chi connectivity index (χ1v) is 6.13. The van der Waals surface area contributed by atoms with Crippen LogP contribution >= 0.6 is 0 Å². The minimum Gasteiger partial charge on any atom is -0.348 e. The van der Waals surface area contributed by atoms with Crippen molar-refractivity contribution in [2.75, 3.05) is 0 Å². The first-order chi connectivity index (χ1) is 10.1. The largest absolute Gasteiger partial charge is 0.348 e. The van der Waals surface area contributed by atoms with Crippen LogP contribution in [0.2, 0.25) is 0 Å². The summed E-state index contributed by atoms with van der Waals surface area (Å²) in [7, 11) is 1.87. The molecule has 3 aromatic rings. The molecule has 0 unspecified atom stereocenters. The summed E-state index contributed by atoms with van der Waals surface area (Å²) in [4.78, 5) is 31.5. The summed E-state index contributed by atoms with van der Waals surface area (Å²) in [6.07, 6.45) is 3.16. The zero-order chi connectivity index (χ0) is 14.8. The summed E-state index contributed by atoms with van der Waals surface area (Å²) in [6.45, 7) is 0.0729. The molecule has 9 heteroatoms. The van der Waals surface area contributed by atoms with Crippen molar-refractivity contribution in [2.24, 2.45) is 7.05 Å². The van der Waals surface area contributed by atoms with Gasteiger partial charge < -0.3 is 24.4 Å². The van der Waals surface area contributed by atoms with Crippen molar-refractivity contribution < 1.29 is 9.32 Å². The summed E-state index contributed by atoms with van der Waals surface area (Å²) in [5, 5.41) is 6.42. The molecule has 0 saturated heterocycles. The van der Waals surface area contributed by atoms with E-state index < -0.39 is 11.6 Å². The number of aryl methyl sites for hydroxylation is 1. The second kappa shape index (κ2) is 5.12. The van der Waals surface area contributed by atoms with Gasteiger partial charge in [0.05, 0.1) is 12.2 Å². The van der Waals surface area contributed by atoms with E-state index in [-0.39, 0.29) is 18.1 Å². The molecule has 9 nitrogen and oxygen atoms in total. The van der Waals surface area contributed by atoms with Crippen molar-refractivity contribution >= 4 is 5.91 Å². The number of amides is 1. The second-order valence-corrected chi connectivity index (χ2v) is 4.36. The number of H-pyrrole nitrogens is 2. The number of carbonyl (C=O) groups excluding carboxylic acids is 1. The molecule has 0 aromatic carbocycles. The van der Waals surface area contributed by atoms with E-state index in [1.54, 1.807) is 0 Å². The van der Waals surface area contributed by atoms with Crippen molar-refractivity contribution in [2.45, 2.75) is 6.54 Å². The molecular weight excluding hydrogens is 276 g/mol. The van der Waals surface area contributed by atoms with Crippen LogP contribution in [0.3, 0.4) is 0 Å². The third kappa shape index (κ3) is 2.61. The minimum absolute atomic E-state index is 0.0729. The highest BCUT2D eigenvalue weighted by molar-refractivity contribution is 5.91. The molecule has 0 fully saturated rings. The first kappa shape index (κ1) is 12.9. The Hall–Kier alpha value is -3.10. The molecule has 3 heterocycles. The Morgan fingerprint density at radius 1 is 1.52 bits per heavy atom. The van der Waals surface area contributed by atoms with E-state index in [2.05, 4.69) is 25.4 Å². The van der Waals surface area contributed by atoms with Crippen LogP contribution in [0, 0.1) is 0 Å². The van der Waals surface area contributed by atoms with Gasteiger partial charge in [0.2, 0.25) is 11.7 Å². The van der Waals surface area contributed by atoms with Crippen LogP contribution in [0.4, 0.5) is 0 Å². The molecular formula is C12H12N6O3. The molecule has 1 amide bonds. The lowest BCUT2D eigenvalue weighted by atomic mass is 10.4. The van der Waals surface area contributed by atoms with Gasteiger partial charge in [-0.05, 0) is 12.1 Å². The highest BCUT2D eigenvalue weighted by Crippen LogP contribution is 2.15. The van der Waals surface area contributed by atoms with E-state index in [4.69, 9.17) is 4.52 Å². The van der Waals surface area contributed by atoms with Crippen LogP contribution in [0.25, 0.3) is 11.5 Å². The van der Waals surface area contributed by atoms with Crippen LogP contribution < -0.4 is 11.0 Å². The van der Waals surface area contributed by atoms with Crippen LogP contribution in [0.15, 0.2) is 33.8 Å². The number of aromatic nitrogens is 5. The van der Waals surface area contributed by atoms with Gasteiger partial charge in [-0.2, -0.15) is 4.98 Å². The Labute approximate surface area is 118 Å². The maximum absolute atomic E-state index is 11.7. The summed E-state index contributed by atoms with van der Waals surface area (Å²) in [6, 6.07) is 3.73. The number of rotatable bonds is 4. The lowest BCUT2D eigenvalue weighted by molar-refractivity contribution is 0.0941. The van der Waals surface area contributed by atoms with E-state index in [9.17, 15) is 9.59 Å². The molecule has 0 atom stereocenters. The quantitative estimate of drug-likeness (QED) is 0.625. The molecule has 0 radical (unpaired) electrons. The maximum atomic E-state index is 11.7. The number of nitrogens with zero attached hydrogens (tertiary/aromatic N) is 3. The average molecular weight is 288 g/mol. The van der Waals surface area contributed by atoms with Crippen LogP contribution in [0.1, 0.15) is 16.4 Å². The zero-order valence-electron chi connectivity index (χ0n) is 11.1. The molecule has 0 aliphatic carbocycles. The Morgan fingerprint density at radius 3 is 3.05 bits per heavy atom. The van der Waals surface area contributed by atoms with Crippen LogP contribution in [-0.4, -0.2) is 30.6 Å². The predicted molar refractivity (Wildman–Crippen MR) is 71.3 cm³/mol. The molecule has 0 saturated carbocycles. The fraction of sp³-hybridized carbons (Fsp3) is 0.167. The number of carbonyl (C=O) groups is 1. The molecule has 0 aliphatic heterocycles. The lowest BCUT2D eigenvalue weighted by Crippen LogP contribution is -2.23. The second-order valence-electron chi connectivity index (χ2n) is 4.36. The Bertz CT molecular complexity index is 824. The Balaban J connectivity index is 1.67. The molecule has 0 bridgehead atoms. The Kier molecular flexibility index (Phi) is 3.14. The molecule has 3 N–H and O–H groups in total. The Morgan fingerprint density at radius 2 is 2.38 bits per heavy atom. The number of imidazole rings is 1. The third-order valence-corrected chi connectivity index (χ3v) is 2.88. The van der Waals surface area contributed by atoms with Gasteiger partial charge in [0.15, 0.2) is 0 Å². The molecule has 0 spiro atoms. The molecule has 3 rings (SSSR count). The van der Waals surface area contributed by atoms with Crippen LogP contribution in [-0.2, 0) is 13.6 Å². The van der Waals surface area contributed by atoms with E-state index >= 15 is 0 Å². The monoisotopic (exact) mass is 288 g/mol. The van der Waals surface area contributed by atoms with Crippen molar-refractivity contribution in [3.05, 3.63) is 46.6 Å². The fourth-order valence-electron chi connectivity index (χ4n) is 1.83. The van der Waals surface area contributed by atoms with E-state index in [0.29, 0.717) is 5.82 Å². The number of hydrogen-bond acceptors (Lipinski definition) is 5. The summed E-state index contributed by atoms with van der Waals surface area (Å²) >= 11 is 0. The van der Waals surface area contributed by atoms with Crippen molar-refractivity contribution in [3.8, 4) is 11.5 Å². The smallest absolute Gasteiger partial charge is 0.323 e. The maximum Gasteiger partial charge on any atom is 0.323 e. The van der Waals surface area contributed by atoms with Gasteiger partial charge in [-0.1, -0.05) is 5.16 Å². The average Bonchev–Trinajstić information content (AvgIpc) is 3.16. The van der Waals surface area contributed by atoms with Crippen molar-refractivity contribution in [3.63, 3.8) is 0 Å². The van der Waals surface area contributed by atoms with Gasteiger partial charge in [0, 0.05) is 19.4 Å². The standard InChI is InChI=1S/C12H12N6O3/c1-18-4-2-3-8(18)10-16-9(21-17-10)6-13-11(19)7-5-14-12(20)15-7/h2-5H,6H2,1H3,(H,13,19)(H2,14,15,20). The van der Waals surface area contributed by atoms with E-state index in [0.717, 1.165) is 5.69 Å². The first-order valence-electron chi connectivity index (χ1n) is 6.13. The van der Waals surface area contributed by atoms with Gasteiger partial charge in [-0.15, -0.1) is 0 Å². The number of hydrogen-bond donors (Lipinski definition) is 3. The van der Waals surface area contributed by atoms with Crippen molar-refractivity contribution in [1.29, 1.82) is 0 Å². The SMILES string of the molecule is Cn1cccc1-c1noc(CNC(=O)c2c[nH]c(=O)[nH]2)n1. The van der Waals surface area contributed by atoms with E-state index in [1.807, 2.05) is 29.9 Å². The zero-order valence-corrected chi connectivity index (χ0v) is 11.1. The number of nitrogens with one attached hydrogen (secondary N) is 3. The lowest BCUT2D eigenvalue weighted by Gasteiger charge is -1.98. The van der Waals surface area contributed by atoms with Crippen molar-refractivity contribution in [1.82, 2.24) is 30.0 Å². The molecule has 108 valence electrons. The van der Waals surface area contributed by atoms with Gasteiger partial charge in [0.1, 0.15) is 5.69 Å². The third-order valence-electron chi connectivity index (χ3n) is 2.88. The normalized spacial score (nSPS) is 10.7. The number of aromatic amines is 2. The van der Waals surface area contributed by atoms with E-state index in [1.165, 1.54) is 6.20 Å². The summed E-state index contributed by atoms with van der Waals surface area (Å²) in [5.41, 5.74) is 0.511. The molecule has 3 aromatic heterocycles. The van der Waals surface area contributed by atoms with Gasteiger partial charge in [-0.3, -0.25) is 4.79 Å². The topological polar surface area (TPSA) is 122 Å². The van der Waals surface area contributed by atoms with Crippen LogP contribution in [0.5, 0.6) is 0 Å². The summed E-state index contributed by atoms with van der Waals surface area (Å²) < 4.78 is 6.92. The van der Waals surface area contributed by atoms with Gasteiger partial charge in [-0.25, -0.2) is 4.79 Å².